The number of aromatic nitrogens is 5. The highest BCUT2D eigenvalue weighted by Gasteiger charge is 2.23. The summed E-state index contributed by atoms with van der Waals surface area (Å²) in [6, 6.07) is -0.417. The van der Waals surface area contributed by atoms with Crippen molar-refractivity contribution in [3.8, 4) is 56.7 Å². The molecule has 5 nitrogen and oxygen atoms in total. The monoisotopic (exact) mass is 738 g/mol. The van der Waals surface area contributed by atoms with Crippen LogP contribution in [0.2, 0.25) is 0 Å². The van der Waals surface area contributed by atoms with E-state index in [0.29, 0.717) is 43.6 Å². The summed E-state index contributed by atoms with van der Waals surface area (Å²) >= 11 is 0. The van der Waals surface area contributed by atoms with E-state index in [1.54, 1.807) is 60.7 Å². The van der Waals surface area contributed by atoms with Crippen LogP contribution in [0.1, 0.15) is 31.5 Å². The van der Waals surface area contributed by atoms with Crippen LogP contribution in [0.4, 0.5) is 0 Å². The Bertz CT molecular complexity index is 4490. The molecule has 0 saturated carbocycles. The second-order valence-corrected chi connectivity index (χ2v) is 12.3. The molecule has 0 bridgehead atoms. The highest BCUT2D eigenvalue weighted by atomic mass is 15.2. The maximum Gasteiger partial charge on any atom is 0.238 e. The summed E-state index contributed by atoms with van der Waals surface area (Å²) in [6.07, 6.45) is 0. The predicted molar refractivity (Wildman–Crippen MR) is 230 cm³/mol. The topological polar surface area (TPSA) is 48.5 Å². The van der Waals surface area contributed by atoms with Crippen LogP contribution < -0.4 is 0 Å². The van der Waals surface area contributed by atoms with Gasteiger partial charge in [0, 0.05) is 38.2 Å². The quantitative estimate of drug-likeness (QED) is 0.171. The standard InChI is InChI=1S/C51H33N5/c1-4-16-34(17-5-1)35-28-30-38(31-29-35)50-52-49(37-20-8-3-9-21-37)53-51(54-50)56-44-27-15-12-24-41(44)48-46(56)33-32-45-47(48)40-23-11-14-26-43(40)55(45)42-25-13-10-22-39(42)36-18-6-2-7-19-36/h1-33H/i1D,2D,3D,4D,5D,6D,7D,8D,9D,10D,13D,16D,17D,18D,19D,20D,21D,22D,25D,28D,29D,30D,31D. The van der Waals surface area contributed by atoms with Crippen LogP contribution in [0.25, 0.3) is 100 Å². The van der Waals surface area contributed by atoms with E-state index in [4.69, 9.17) is 36.0 Å². The van der Waals surface area contributed by atoms with Gasteiger partial charge in [0.2, 0.25) is 5.95 Å². The highest BCUT2D eigenvalue weighted by molar-refractivity contribution is 6.29. The van der Waals surface area contributed by atoms with E-state index < -0.39 is 178 Å². The Morgan fingerprint density at radius 1 is 0.357 bits per heavy atom. The first-order valence-corrected chi connectivity index (χ1v) is 17.0. The number of para-hydroxylation sites is 3. The number of hydrogen-bond donors (Lipinski definition) is 0. The Hall–Kier alpha value is -7.63. The second-order valence-electron chi connectivity index (χ2n) is 12.3. The molecule has 0 saturated heterocycles. The maximum atomic E-state index is 9.42. The molecule has 0 aliphatic rings. The number of benzene rings is 8. The van der Waals surface area contributed by atoms with Crippen molar-refractivity contribution >= 4 is 43.6 Å². The molecule has 3 heterocycles. The van der Waals surface area contributed by atoms with Gasteiger partial charge >= 0.3 is 0 Å². The van der Waals surface area contributed by atoms with Crippen LogP contribution in [0.15, 0.2) is 200 Å². The van der Waals surface area contributed by atoms with Gasteiger partial charge in [0.15, 0.2) is 11.6 Å². The molecular formula is C51H33N5. The van der Waals surface area contributed by atoms with Gasteiger partial charge in [-0.05, 0) is 47.0 Å². The van der Waals surface area contributed by atoms with Crippen LogP contribution in [0.3, 0.4) is 0 Å². The summed E-state index contributed by atoms with van der Waals surface area (Å²) < 4.78 is 204. The molecular weight excluding hydrogens is 683 g/mol. The van der Waals surface area contributed by atoms with Gasteiger partial charge in [-0.1, -0.05) is 169 Å². The van der Waals surface area contributed by atoms with Crippen LogP contribution in [0.5, 0.6) is 0 Å². The molecule has 0 aliphatic heterocycles. The lowest BCUT2D eigenvalue weighted by atomic mass is 10.0. The third kappa shape index (κ3) is 5.13. The molecule has 3 aromatic heterocycles. The first kappa shape index (κ1) is 16.4. The van der Waals surface area contributed by atoms with E-state index in [9.17, 15) is 5.48 Å². The van der Waals surface area contributed by atoms with Gasteiger partial charge in [0.25, 0.3) is 0 Å². The molecule has 0 unspecified atom stereocenters. The Labute approximate surface area is 355 Å². The van der Waals surface area contributed by atoms with E-state index in [-0.39, 0.29) is 17.2 Å². The molecule has 8 aromatic carbocycles. The van der Waals surface area contributed by atoms with Gasteiger partial charge in [-0.2, -0.15) is 9.97 Å². The largest absolute Gasteiger partial charge is 0.309 e. The Kier molecular flexibility index (Phi) is 3.82. The molecule has 0 N–H and O–H groups in total. The fourth-order valence-electron chi connectivity index (χ4n) is 6.98. The highest BCUT2D eigenvalue weighted by Crippen LogP contribution is 2.43. The molecule has 0 amide bonds. The lowest BCUT2D eigenvalue weighted by Crippen LogP contribution is -2.06. The molecule has 11 aromatic rings. The predicted octanol–water partition coefficient (Wildman–Crippen LogP) is 12.7. The summed E-state index contributed by atoms with van der Waals surface area (Å²) in [7, 11) is 0. The van der Waals surface area contributed by atoms with Crippen molar-refractivity contribution in [1.29, 1.82) is 0 Å². The van der Waals surface area contributed by atoms with E-state index in [1.165, 1.54) is 9.13 Å². The summed E-state index contributed by atoms with van der Waals surface area (Å²) in [5.74, 6) is -1.50. The molecule has 0 aliphatic carbocycles. The molecule has 11 rings (SSSR count). The van der Waals surface area contributed by atoms with Gasteiger partial charge in [-0.15, -0.1) is 0 Å². The second kappa shape index (κ2) is 13.0. The van der Waals surface area contributed by atoms with Gasteiger partial charge in [-0.25, -0.2) is 4.98 Å². The number of hydrogen-bond acceptors (Lipinski definition) is 3. The van der Waals surface area contributed by atoms with Gasteiger partial charge < -0.3 is 4.57 Å². The first-order chi connectivity index (χ1) is 37.3. The summed E-state index contributed by atoms with van der Waals surface area (Å²) in [5.41, 5.74) is -2.09. The lowest BCUT2D eigenvalue weighted by Gasteiger charge is -2.14. The smallest absolute Gasteiger partial charge is 0.238 e. The zero-order valence-electron chi connectivity index (χ0n) is 51.5. The zero-order chi connectivity index (χ0) is 57.0. The van der Waals surface area contributed by atoms with Crippen molar-refractivity contribution in [1.82, 2.24) is 24.1 Å². The van der Waals surface area contributed by atoms with Crippen molar-refractivity contribution in [2.24, 2.45) is 0 Å². The van der Waals surface area contributed by atoms with E-state index in [0.717, 1.165) is 0 Å². The van der Waals surface area contributed by atoms with Crippen molar-refractivity contribution in [3.63, 3.8) is 0 Å². The minimum absolute atomic E-state index is 0.235. The maximum absolute atomic E-state index is 9.42. The SMILES string of the molecule is [2H]c1c([2H])c([2H])c(-c2nc(-c3c([2H])c([2H])c(-c4c([2H])c([2H])c([2H])c([2H])c4[2H])c([2H])c3[2H])nc(-n3c4ccccc4c4c5c6ccccc6n(-c6c([2H])c([2H])c([2H])c([2H])c6-c6c([2H])c([2H])c([2H])c([2H])c6[2H])c5ccc43)n2)c([2H])c1[2H]. The Balaban J connectivity index is 1.27. The fraction of sp³-hybridized carbons (Fsp3) is 0. The first-order valence-electron chi connectivity index (χ1n) is 28.5. The van der Waals surface area contributed by atoms with Crippen molar-refractivity contribution in [2.75, 3.05) is 0 Å². The Morgan fingerprint density at radius 2 is 0.804 bits per heavy atom. The molecule has 0 radical (unpaired) electrons. The zero-order valence-corrected chi connectivity index (χ0v) is 28.5. The third-order valence-corrected chi connectivity index (χ3v) is 9.26. The molecule has 0 spiro atoms. The van der Waals surface area contributed by atoms with Crippen molar-refractivity contribution in [3.05, 3.63) is 200 Å². The summed E-state index contributed by atoms with van der Waals surface area (Å²) in [6.45, 7) is 0. The summed E-state index contributed by atoms with van der Waals surface area (Å²) in [5, 5.41) is 1.94. The fourth-order valence-corrected chi connectivity index (χ4v) is 6.98. The lowest BCUT2D eigenvalue weighted by molar-refractivity contribution is 0.953. The van der Waals surface area contributed by atoms with Crippen molar-refractivity contribution < 1.29 is 31.5 Å². The molecule has 5 heteroatoms. The van der Waals surface area contributed by atoms with Crippen LogP contribution in [0, 0.1) is 0 Å². The van der Waals surface area contributed by atoms with Gasteiger partial charge in [0.05, 0.1) is 59.3 Å². The average molecular weight is 739 g/mol. The minimum atomic E-state index is -0.852. The van der Waals surface area contributed by atoms with Crippen LogP contribution in [-0.2, 0) is 0 Å². The average Bonchev–Trinajstić information content (AvgIpc) is 3.22. The van der Waals surface area contributed by atoms with Crippen LogP contribution >= 0.6 is 0 Å². The van der Waals surface area contributed by atoms with Gasteiger partial charge in [-0.3, -0.25) is 4.57 Å². The number of nitrogens with zero attached hydrogens (tertiary/aromatic N) is 5. The normalized spacial score (nSPS) is 17.3. The third-order valence-electron chi connectivity index (χ3n) is 9.26. The molecule has 0 fully saturated rings. The molecule has 262 valence electrons. The van der Waals surface area contributed by atoms with Crippen LogP contribution in [-0.4, -0.2) is 24.1 Å². The number of fused-ring (bicyclic) bond motifs is 7. The van der Waals surface area contributed by atoms with E-state index in [2.05, 4.69) is 4.98 Å². The van der Waals surface area contributed by atoms with Crippen molar-refractivity contribution in [2.45, 2.75) is 0 Å². The van der Waals surface area contributed by atoms with E-state index in [1.807, 2.05) is 0 Å². The minimum Gasteiger partial charge on any atom is -0.309 e. The Morgan fingerprint density at radius 3 is 1.43 bits per heavy atom. The molecule has 56 heavy (non-hydrogen) atoms. The van der Waals surface area contributed by atoms with Gasteiger partial charge in [0.1, 0.15) is 0 Å². The molecule has 0 atom stereocenters. The van der Waals surface area contributed by atoms with E-state index >= 15 is 0 Å². The number of rotatable bonds is 6. The summed E-state index contributed by atoms with van der Waals surface area (Å²) in [4.78, 5) is 13.9.